The van der Waals surface area contributed by atoms with E-state index >= 15 is 0 Å². The molecule has 0 amide bonds. The fourth-order valence-electron chi connectivity index (χ4n) is 0.735. The molecule has 1 aromatic heterocycles. The molecule has 0 aliphatic carbocycles. The van der Waals surface area contributed by atoms with Gasteiger partial charge in [0.15, 0.2) is 5.82 Å². The Morgan fingerprint density at radius 1 is 1.18 bits per heavy atom. The largest absolute Gasteiger partial charge is 0.225 e. The summed E-state index contributed by atoms with van der Waals surface area (Å²) in [4.78, 5) is 7.51. The lowest BCUT2D eigenvalue weighted by molar-refractivity contribution is 0.939. The summed E-state index contributed by atoms with van der Waals surface area (Å²) >= 11 is 11.2. The lowest BCUT2D eigenvalue weighted by Crippen LogP contribution is -1.92. The molecule has 2 heterocycles. The molecule has 0 fully saturated rings. The summed E-state index contributed by atoms with van der Waals surface area (Å²) in [5, 5.41) is 3.98. The fourth-order valence-corrected chi connectivity index (χ4v) is 1.16. The second-order valence-corrected chi connectivity index (χ2v) is 2.56. The van der Waals surface area contributed by atoms with Gasteiger partial charge in [-0.25, -0.2) is 4.98 Å². The van der Waals surface area contributed by atoms with Crippen molar-refractivity contribution in [1.29, 1.82) is 0 Å². The molecule has 0 unspecified atom stereocenters. The van der Waals surface area contributed by atoms with Crippen molar-refractivity contribution < 1.29 is 0 Å². The van der Waals surface area contributed by atoms with Gasteiger partial charge in [-0.3, -0.25) is 0 Å². The van der Waals surface area contributed by atoms with Gasteiger partial charge in [-0.05, 0) is 11.6 Å². The summed E-state index contributed by atoms with van der Waals surface area (Å²) in [5.41, 5.74) is 4.29. The van der Waals surface area contributed by atoms with Crippen LogP contribution in [0.15, 0.2) is 5.10 Å². The minimum atomic E-state index is 0.0861. The average molecular weight is 188 g/mol. The molecule has 1 aliphatic heterocycles. The number of hydrogen-bond donors (Lipinski definition) is 0. The molecule has 6 heteroatoms. The molecule has 0 saturated heterocycles. The Labute approximate surface area is 72.3 Å². The van der Waals surface area contributed by atoms with Gasteiger partial charge in [0.25, 0.3) is 0 Å². The van der Waals surface area contributed by atoms with Crippen LogP contribution in [0.25, 0.3) is 0 Å². The Morgan fingerprint density at radius 2 is 2.00 bits per heavy atom. The second-order valence-electron chi connectivity index (χ2n) is 1.87. The molecule has 0 atom stereocenters. The van der Waals surface area contributed by atoms with Gasteiger partial charge in [0.05, 0.1) is 11.8 Å². The fraction of sp³-hybridized carbons (Fsp3) is 0. The maximum atomic E-state index is 5.69. The summed E-state index contributed by atoms with van der Waals surface area (Å²) in [7, 11) is 0. The number of halogens is 2. The molecule has 2 rings (SSSR count). The van der Waals surface area contributed by atoms with Gasteiger partial charge in [0.2, 0.25) is 5.28 Å². The zero-order chi connectivity index (χ0) is 7.84. The lowest BCUT2D eigenvalue weighted by atomic mass is 10.3. The monoisotopic (exact) mass is 187 g/mol. The van der Waals surface area contributed by atoms with Crippen molar-refractivity contribution >= 4 is 35.2 Å². The number of fused-ring (bicyclic) bond motifs is 1. The van der Waals surface area contributed by atoms with Crippen LogP contribution in [0.3, 0.4) is 0 Å². The molecule has 0 aromatic carbocycles. The van der Waals surface area contributed by atoms with Crippen LogP contribution in [0, 0.1) is 0 Å². The third-order valence-electron chi connectivity index (χ3n) is 1.19. The number of rotatable bonds is 0. The predicted molar refractivity (Wildman–Crippen MR) is 41.4 cm³/mol. The highest BCUT2D eigenvalue weighted by Crippen LogP contribution is 2.23. The maximum Gasteiger partial charge on any atom is 0.225 e. The van der Waals surface area contributed by atoms with Gasteiger partial charge < -0.3 is 0 Å². The molecule has 0 N–H and O–H groups in total. The summed E-state index contributed by atoms with van der Waals surface area (Å²) < 4.78 is 0. The first kappa shape index (κ1) is 6.82. The third kappa shape index (κ3) is 1.04. The van der Waals surface area contributed by atoms with E-state index in [0.29, 0.717) is 11.4 Å². The highest BCUT2D eigenvalue weighted by atomic mass is 35.5. The zero-order valence-electron chi connectivity index (χ0n) is 5.12. The molecule has 0 bridgehead atoms. The van der Waals surface area contributed by atoms with Crippen molar-refractivity contribution in [3.63, 3.8) is 0 Å². The van der Waals surface area contributed by atoms with Crippen LogP contribution in [0.5, 0.6) is 0 Å². The topological polar surface area (TPSA) is 52.2 Å². The van der Waals surface area contributed by atoms with Crippen LogP contribution < -0.4 is 5.43 Å². The minimum absolute atomic E-state index is 0.0861. The van der Waals surface area contributed by atoms with Gasteiger partial charge in [-0.2, -0.15) is 10.1 Å². The quantitative estimate of drug-likeness (QED) is 0.455. The maximum absolute atomic E-state index is 5.69. The molecular formula is C5HCl2N4. The Hall–Kier alpha value is -0.870. The van der Waals surface area contributed by atoms with Crippen molar-refractivity contribution in [3.8, 4) is 0 Å². The highest BCUT2D eigenvalue weighted by molar-refractivity contribution is 6.34. The molecule has 1 radical (unpaired) electrons. The van der Waals surface area contributed by atoms with E-state index in [0.717, 1.165) is 0 Å². The Morgan fingerprint density at radius 3 is 2.82 bits per heavy atom. The Kier molecular flexibility index (Phi) is 1.44. The van der Waals surface area contributed by atoms with E-state index in [-0.39, 0.29) is 10.4 Å². The van der Waals surface area contributed by atoms with Gasteiger partial charge in [-0.1, -0.05) is 11.6 Å². The minimum Gasteiger partial charge on any atom is -0.205 e. The molecule has 4 nitrogen and oxygen atoms in total. The lowest BCUT2D eigenvalue weighted by Gasteiger charge is -1.95. The van der Waals surface area contributed by atoms with E-state index in [2.05, 4.69) is 20.5 Å². The van der Waals surface area contributed by atoms with E-state index in [4.69, 9.17) is 23.2 Å². The Bertz CT molecular complexity index is 335. The standard InChI is InChI=1S/C5HCl2N4/c6-3-2-1-8-11-4(2)10-5(7)9-3/h1H. The molecular weight excluding hydrogens is 187 g/mol. The predicted octanol–water partition coefficient (Wildman–Crippen LogP) is 1.37. The van der Waals surface area contributed by atoms with Crippen molar-refractivity contribution in [2.24, 2.45) is 5.10 Å². The van der Waals surface area contributed by atoms with E-state index in [9.17, 15) is 0 Å². The van der Waals surface area contributed by atoms with Gasteiger partial charge >= 0.3 is 0 Å². The molecule has 11 heavy (non-hydrogen) atoms. The van der Waals surface area contributed by atoms with Crippen LogP contribution in [0.4, 0.5) is 5.82 Å². The summed E-state index contributed by atoms with van der Waals surface area (Å²) in [6, 6.07) is 0. The molecule has 1 aliphatic rings. The molecule has 0 saturated carbocycles. The average Bonchev–Trinajstić information content (AvgIpc) is 2.34. The summed E-state index contributed by atoms with van der Waals surface area (Å²) in [5.74, 6) is 0.426. The van der Waals surface area contributed by atoms with Gasteiger partial charge in [0, 0.05) is 0 Å². The smallest absolute Gasteiger partial charge is 0.205 e. The Balaban J connectivity index is 2.67. The first-order chi connectivity index (χ1) is 5.27. The second kappa shape index (κ2) is 2.32. The van der Waals surface area contributed by atoms with Crippen LogP contribution in [0.1, 0.15) is 5.56 Å². The van der Waals surface area contributed by atoms with Crippen LogP contribution in [0.2, 0.25) is 10.4 Å². The first-order valence-electron chi connectivity index (χ1n) is 2.74. The van der Waals surface area contributed by atoms with Crippen LogP contribution in [-0.2, 0) is 0 Å². The van der Waals surface area contributed by atoms with Crippen LogP contribution >= 0.6 is 23.2 Å². The van der Waals surface area contributed by atoms with Gasteiger partial charge in [-0.15, -0.1) is 5.43 Å². The highest BCUT2D eigenvalue weighted by Gasteiger charge is 2.15. The first-order valence-corrected chi connectivity index (χ1v) is 3.50. The van der Waals surface area contributed by atoms with Crippen molar-refractivity contribution in [3.05, 3.63) is 16.0 Å². The SMILES string of the molecule is Clc1nc(Cl)c2c(n1)[N]N=C2. The molecule has 0 spiro atoms. The van der Waals surface area contributed by atoms with E-state index in [1.54, 1.807) is 0 Å². The van der Waals surface area contributed by atoms with E-state index < -0.39 is 0 Å². The summed E-state index contributed by atoms with van der Waals surface area (Å²) in [6.45, 7) is 0. The van der Waals surface area contributed by atoms with E-state index in [1.807, 2.05) is 0 Å². The van der Waals surface area contributed by atoms with Gasteiger partial charge in [0.1, 0.15) is 5.15 Å². The zero-order valence-corrected chi connectivity index (χ0v) is 6.63. The number of hydrogen-bond acceptors (Lipinski definition) is 3. The summed E-state index contributed by atoms with van der Waals surface area (Å²) in [6.07, 6.45) is 1.49. The third-order valence-corrected chi connectivity index (χ3v) is 1.65. The molecule has 1 aromatic rings. The van der Waals surface area contributed by atoms with Crippen molar-refractivity contribution in [2.45, 2.75) is 0 Å². The van der Waals surface area contributed by atoms with Crippen LogP contribution in [-0.4, -0.2) is 16.2 Å². The normalized spacial score (nSPS) is 12.9. The number of nitrogens with zero attached hydrogens (tertiary/aromatic N) is 4. The number of aromatic nitrogens is 2. The van der Waals surface area contributed by atoms with E-state index in [1.165, 1.54) is 6.21 Å². The molecule has 55 valence electrons. The van der Waals surface area contributed by atoms with Crippen molar-refractivity contribution in [2.75, 3.05) is 0 Å². The van der Waals surface area contributed by atoms with Crippen molar-refractivity contribution in [1.82, 2.24) is 15.4 Å².